The second kappa shape index (κ2) is 5.68. The molecule has 0 aliphatic rings. The van der Waals surface area contributed by atoms with Gasteiger partial charge in [-0.2, -0.15) is 0 Å². The van der Waals surface area contributed by atoms with Crippen LogP contribution in [-0.4, -0.2) is 37.6 Å². The van der Waals surface area contributed by atoms with Gasteiger partial charge in [0.1, 0.15) is 5.56 Å². The minimum Gasteiger partial charge on any atom is -0.481 e. The molecule has 0 radical (unpaired) electrons. The summed E-state index contributed by atoms with van der Waals surface area (Å²) in [6, 6.07) is 5.60. The molecule has 0 amide bonds. The third kappa shape index (κ3) is 2.66. The lowest BCUT2D eigenvalue weighted by Crippen LogP contribution is -2.28. The minimum absolute atomic E-state index is 0.160. The summed E-state index contributed by atoms with van der Waals surface area (Å²) in [6.07, 6.45) is 0.906. The van der Waals surface area contributed by atoms with Crippen LogP contribution in [0, 0.1) is 5.92 Å². The van der Waals surface area contributed by atoms with Crippen LogP contribution in [0.1, 0.15) is 15.9 Å². The van der Waals surface area contributed by atoms with Crippen LogP contribution < -0.4 is 5.56 Å². The molecule has 0 aliphatic heterocycles. The number of aromatic carboxylic acids is 1. The van der Waals surface area contributed by atoms with Gasteiger partial charge < -0.3 is 15.3 Å². The molecule has 2 rings (SSSR count). The predicted molar refractivity (Wildman–Crippen MR) is 73.1 cm³/mol. The fraction of sp³-hybridized carbons (Fsp3) is 0.143. The van der Waals surface area contributed by atoms with Gasteiger partial charge in [-0.05, 0) is 30.2 Å². The van der Waals surface area contributed by atoms with Crippen LogP contribution in [0.3, 0.4) is 0 Å². The van der Waals surface area contributed by atoms with E-state index in [0.717, 1.165) is 10.5 Å². The summed E-state index contributed by atoms with van der Waals surface area (Å²) < 4.78 is 1.06. The first-order valence-corrected chi connectivity index (χ1v) is 6.15. The Morgan fingerprint density at radius 1 is 1.09 bits per heavy atom. The van der Waals surface area contributed by atoms with Gasteiger partial charge in [0.25, 0.3) is 5.56 Å². The van der Waals surface area contributed by atoms with Crippen molar-refractivity contribution in [3.05, 3.63) is 51.9 Å². The van der Waals surface area contributed by atoms with Gasteiger partial charge in [-0.15, -0.1) is 0 Å². The van der Waals surface area contributed by atoms with Crippen molar-refractivity contribution in [3.8, 4) is 0 Å². The Bertz CT molecular complexity index is 823. The normalized spacial score (nSPS) is 10.8. The molecule has 0 fully saturated rings. The Morgan fingerprint density at radius 2 is 1.73 bits per heavy atom. The Balaban J connectivity index is 2.70. The highest BCUT2D eigenvalue weighted by molar-refractivity contribution is 5.94. The van der Waals surface area contributed by atoms with Crippen molar-refractivity contribution in [1.29, 1.82) is 0 Å². The molecule has 2 heterocycles. The van der Waals surface area contributed by atoms with E-state index < -0.39 is 41.4 Å². The van der Waals surface area contributed by atoms with Crippen LogP contribution >= 0.6 is 0 Å². The van der Waals surface area contributed by atoms with E-state index in [-0.39, 0.29) is 11.1 Å². The molecule has 0 aliphatic carbocycles. The molecule has 0 spiro atoms. The third-order valence-electron chi connectivity index (χ3n) is 3.21. The van der Waals surface area contributed by atoms with Gasteiger partial charge in [0.05, 0.1) is 5.52 Å². The summed E-state index contributed by atoms with van der Waals surface area (Å²) in [5.41, 5.74) is -0.889. The molecular weight excluding hydrogens is 294 g/mol. The number of nitrogens with zero attached hydrogens (tertiary/aromatic N) is 1. The number of hydrogen-bond donors (Lipinski definition) is 3. The van der Waals surface area contributed by atoms with Gasteiger partial charge >= 0.3 is 17.9 Å². The summed E-state index contributed by atoms with van der Waals surface area (Å²) in [5, 5.41) is 26.9. The molecule has 3 N–H and O–H groups in total. The Morgan fingerprint density at radius 3 is 2.27 bits per heavy atom. The highest BCUT2D eigenvalue weighted by atomic mass is 16.4. The molecule has 0 unspecified atom stereocenters. The van der Waals surface area contributed by atoms with E-state index in [1.54, 1.807) is 6.07 Å². The number of pyridine rings is 2. The Hall–Kier alpha value is -3.16. The lowest BCUT2D eigenvalue weighted by molar-refractivity contribution is -0.154. The Labute approximate surface area is 122 Å². The molecule has 0 bridgehead atoms. The second-order valence-corrected chi connectivity index (χ2v) is 4.58. The van der Waals surface area contributed by atoms with Gasteiger partial charge in [0, 0.05) is 6.20 Å². The molecule has 22 heavy (non-hydrogen) atoms. The average Bonchev–Trinajstić information content (AvgIpc) is 2.45. The van der Waals surface area contributed by atoms with E-state index in [2.05, 4.69) is 0 Å². The number of rotatable bonds is 5. The number of carbonyl (C=O) groups is 3. The van der Waals surface area contributed by atoms with E-state index in [4.69, 9.17) is 15.3 Å². The first-order chi connectivity index (χ1) is 10.3. The smallest absolute Gasteiger partial charge is 0.341 e. The quantitative estimate of drug-likeness (QED) is 0.677. The topological polar surface area (TPSA) is 133 Å². The first kappa shape index (κ1) is 15.2. The number of aromatic nitrogens is 1. The van der Waals surface area contributed by atoms with Crippen molar-refractivity contribution >= 4 is 23.4 Å². The zero-order valence-corrected chi connectivity index (χ0v) is 11.1. The fourth-order valence-corrected chi connectivity index (χ4v) is 2.14. The zero-order chi connectivity index (χ0) is 16.4. The standard InChI is InChI=1S/C14H11NO7/c16-11-8(12(17)18)5-7(6-9(13(19)20)14(21)22)10-3-1-2-4-15(10)11/h1-5,9H,6H2,(H,17,18)(H,19,20)(H,21,22). The van der Waals surface area contributed by atoms with Crippen LogP contribution in [0.25, 0.3) is 5.52 Å². The van der Waals surface area contributed by atoms with Gasteiger partial charge in [-0.25, -0.2) is 4.79 Å². The molecule has 0 saturated heterocycles. The summed E-state index contributed by atoms with van der Waals surface area (Å²) in [4.78, 5) is 45.2. The minimum atomic E-state index is -1.73. The SMILES string of the molecule is O=C(O)c1cc(CC(C(=O)O)C(=O)O)c2ccccn2c1=O. The molecule has 0 atom stereocenters. The zero-order valence-electron chi connectivity index (χ0n) is 11.1. The van der Waals surface area contributed by atoms with E-state index in [1.165, 1.54) is 18.3 Å². The Kier molecular flexibility index (Phi) is 3.93. The van der Waals surface area contributed by atoms with E-state index in [9.17, 15) is 19.2 Å². The third-order valence-corrected chi connectivity index (χ3v) is 3.21. The summed E-state index contributed by atoms with van der Waals surface area (Å²) >= 11 is 0. The number of carboxylic acid groups (broad SMARTS) is 3. The van der Waals surface area contributed by atoms with Crippen LogP contribution in [0.4, 0.5) is 0 Å². The summed E-state index contributed by atoms with van der Waals surface area (Å²) in [5.74, 6) is -6.27. The van der Waals surface area contributed by atoms with Gasteiger partial charge in [-0.1, -0.05) is 6.07 Å². The molecule has 0 aromatic carbocycles. The van der Waals surface area contributed by atoms with Crippen molar-refractivity contribution in [2.45, 2.75) is 6.42 Å². The van der Waals surface area contributed by atoms with Crippen LogP contribution in [0.2, 0.25) is 0 Å². The van der Waals surface area contributed by atoms with E-state index in [1.807, 2.05) is 0 Å². The molecule has 2 aromatic heterocycles. The maximum atomic E-state index is 12.0. The lowest BCUT2D eigenvalue weighted by Gasteiger charge is -2.12. The molecule has 2 aromatic rings. The van der Waals surface area contributed by atoms with Gasteiger partial charge in [0.15, 0.2) is 5.92 Å². The maximum absolute atomic E-state index is 12.0. The molecule has 114 valence electrons. The molecular formula is C14H11NO7. The highest BCUT2D eigenvalue weighted by Crippen LogP contribution is 2.16. The summed E-state index contributed by atoms with van der Waals surface area (Å²) in [6.45, 7) is 0. The van der Waals surface area contributed by atoms with Gasteiger partial charge in [0.2, 0.25) is 0 Å². The first-order valence-electron chi connectivity index (χ1n) is 6.15. The van der Waals surface area contributed by atoms with Crippen molar-refractivity contribution in [2.24, 2.45) is 5.92 Å². The van der Waals surface area contributed by atoms with Crippen LogP contribution in [0.15, 0.2) is 35.3 Å². The number of hydrogen-bond acceptors (Lipinski definition) is 4. The van der Waals surface area contributed by atoms with E-state index >= 15 is 0 Å². The van der Waals surface area contributed by atoms with Gasteiger partial charge in [-0.3, -0.25) is 18.8 Å². The number of aliphatic carboxylic acids is 2. The fourth-order valence-electron chi connectivity index (χ4n) is 2.14. The number of carboxylic acids is 3. The maximum Gasteiger partial charge on any atom is 0.341 e. The number of fused-ring (bicyclic) bond motifs is 1. The predicted octanol–water partition coefficient (Wildman–Crippen LogP) is 0.326. The van der Waals surface area contributed by atoms with Crippen molar-refractivity contribution in [2.75, 3.05) is 0 Å². The van der Waals surface area contributed by atoms with Crippen molar-refractivity contribution < 1.29 is 29.7 Å². The molecule has 0 saturated carbocycles. The molecule has 8 heteroatoms. The largest absolute Gasteiger partial charge is 0.481 e. The summed E-state index contributed by atoms with van der Waals surface area (Å²) in [7, 11) is 0. The second-order valence-electron chi connectivity index (χ2n) is 4.58. The van der Waals surface area contributed by atoms with E-state index in [0.29, 0.717) is 0 Å². The molecule has 8 nitrogen and oxygen atoms in total. The average molecular weight is 305 g/mol. The highest BCUT2D eigenvalue weighted by Gasteiger charge is 2.27. The monoisotopic (exact) mass is 305 g/mol. The van der Waals surface area contributed by atoms with Crippen molar-refractivity contribution in [1.82, 2.24) is 4.40 Å². The lowest BCUT2D eigenvalue weighted by atomic mass is 9.97. The van der Waals surface area contributed by atoms with Crippen LogP contribution in [0.5, 0.6) is 0 Å². The van der Waals surface area contributed by atoms with Crippen LogP contribution in [-0.2, 0) is 16.0 Å². The van der Waals surface area contributed by atoms with Crippen molar-refractivity contribution in [3.63, 3.8) is 0 Å².